The Hall–Kier alpha value is -0.910. The summed E-state index contributed by atoms with van der Waals surface area (Å²) in [5.74, 6) is 0.816. The molecule has 0 aromatic carbocycles. The van der Waals surface area contributed by atoms with Crippen molar-refractivity contribution in [1.82, 2.24) is 15.3 Å². The summed E-state index contributed by atoms with van der Waals surface area (Å²) < 4.78 is 11.5. The lowest BCUT2D eigenvalue weighted by Crippen LogP contribution is -2.42. The normalized spacial score (nSPS) is 23.8. The van der Waals surface area contributed by atoms with Crippen molar-refractivity contribution < 1.29 is 9.47 Å². The second-order valence-corrected chi connectivity index (χ2v) is 5.12. The third-order valence-electron chi connectivity index (χ3n) is 3.91. The van der Waals surface area contributed by atoms with E-state index in [1.807, 2.05) is 6.20 Å². The first-order chi connectivity index (χ1) is 8.86. The Balaban J connectivity index is 1.38. The van der Waals surface area contributed by atoms with Crippen LogP contribution in [0.1, 0.15) is 31.5 Å². The molecule has 2 N–H and O–H groups in total. The van der Waals surface area contributed by atoms with Crippen LogP contribution in [0.5, 0.6) is 0 Å². The number of nitrogens with zero attached hydrogens (tertiary/aromatic N) is 1. The molecule has 3 rings (SSSR count). The molecule has 5 nitrogen and oxygen atoms in total. The summed E-state index contributed by atoms with van der Waals surface area (Å²) in [7, 11) is 0. The molecule has 5 heteroatoms. The monoisotopic (exact) mass is 251 g/mol. The molecule has 1 aliphatic carbocycles. The molecule has 0 bridgehead atoms. The van der Waals surface area contributed by atoms with Crippen molar-refractivity contribution in [3.8, 4) is 0 Å². The summed E-state index contributed by atoms with van der Waals surface area (Å²) in [6.45, 7) is 2.50. The van der Waals surface area contributed by atoms with E-state index in [0.717, 1.165) is 57.7 Å². The van der Waals surface area contributed by atoms with Crippen LogP contribution in [0.3, 0.4) is 0 Å². The van der Waals surface area contributed by atoms with Crippen molar-refractivity contribution in [1.29, 1.82) is 0 Å². The first kappa shape index (κ1) is 12.1. The second-order valence-electron chi connectivity index (χ2n) is 5.12. The van der Waals surface area contributed by atoms with E-state index in [1.165, 1.54) is 0 Å². The second kappa shape index (κ2) is 5.38. The highest BCUT2D eigenvalue weighted by molar-refractivity contribution is 4.89. The van der Waals surface area contributed by atoms with Gasteiger partial charge in [-0.05, 0) is 12.8 Å². The molecule has 1 spiro atoms. The Labute approximate surface area is 107 Å². The van der Waals surface area contributed by atoms with E-state index in [2.05, 4.69) is 15.3 Å². The van der Waals surface area contributed by atoms with Crippen LogP contribution in [0, 0.1) is 0 Å². The highest BCUT2D eigenvalue weighted by Gasteiger charge is 2.39. The molecular formula is C13H21N3O2. The number of H-pyrrole nitrogens is 1. The van der Waals surface area contributed by atoms with Crippen LogP contribution in [0.25, 0.3) is 0 Å². The third kappa shape index (κ3) is 2.74. The zero-order valence-corrected chi connectivity index (χ0v) is 10.7. The molecule has 1 aromatic rings. The van der Waals surface area contributed by atoms with Gasteiger partial charge in [0.2, 0.25) is 0 Å². The van der Waals surface area contributed by atoms with Crippen LogP contribution in [-0.4, -0.2) is 41.6 Å². The Kier molecular flexibility index (Phi) is 3.63. The van der Waals surface area contributed by atoms with Crippen molar-refractivity contribution in [3.63, 3.8) is 0 Å². The van der Waals surface area contributed by atoms with Gasteiger partial charge in [-0.15, -0.1) is 0 Å². The van der Waals surface area contributed by atoms with Crippen molar-refractivity contribution in [2.24, 2.45) is 0 Å². The highest BCUT2D eigenvalue weighted by atomic mass is 16.7. The molecule has 0 unspecified atom stereocenters. The van der Waals surface area contributed by atoms with Gasteiger partial charge in [-0.1, -0.05) is 0 Å². The minimum atomic E-state index is -0.237. The van der Waals surface area contributed by atoms with Gasteiger partial charge in [0, 0.05) is 44.2 Å². The first-order valence-corrected chi connectivity index (χ1v) is 6.86. The summed E-state index contributed by atoms with van der Waals surface area (Å²) in [6.07, 6.45) is 8.94. The summed E-state index contributed by atoms with van der Waals surface area (Å²) in [4.78, 5) is 7.34. The van der Waals surface area contributed by atoms with Crippen LogP contribution in [0.15, 0.2) is 12.4 Å². The van der Waals surface area contributed by atoms with Crippen LogP contribution in [-0.2, 0) is 15.9 Å². The molecule has 2 fully saturated rings. The molecular weight excluding hydrogens is 230 g/mol. The molecule has 0 amide bonds. The SMILES string of the molecule is c1c[nH]c(CCNC2CCC3(CC2)OCCO3)n1. The van der Waals surface area contributed by atoms with Gasteiger partial charge >= 0.3 is 0 Å². The Morgan fingerprint density at radius 3 is 2.78 bits per heavy atom. The fourth-order valence-corrected chi connectivity index (χ4v) is 2.88. The molecule has 0 atom stereocenters. The van der Waals surface area contributed by atoms with Crippen molar-refractivity contribution >= 4 is 0 Å². The smallest absolute Gasteiger partial charge is 0.168 e. The van der Waals surface area contributed by atoms with Crippen LogP contribution < -0.4 is 5.32 Å². The van der Waals surface area contributed by atoms with Gasteiger partial charge < -0.3 is 19.8 Å². The minimum Gasteiger partial charge on any atom is -0.349 e. The maximum atomic E-state index is 5.73. The summed E-state index contributed by atoms with van der Waals surface area (Å²) >= 11 is 0. The van der Waals surface area contributed by atoms with Crippen LogP contribution >= 0.6 is 0 Å². The average molecular weight is 251 g/mol. The van der Waals surface area contributed by atoms with E-state index < -0.39 is 0 Å². The Morgan fingerprint density at radius 2 is 2.11 bits per heavy atom. The fourth-order valence-electron chi connectivity index (χ4n) is 2.88. The number of nitrogens with one attached hydrogen (secondary N) is 2. The molecule has 2 heterocycles. The van der Waals surface area contributed by atoms with Gasteiger partial charge in [0.05, 0.1) is 13.2 Å². The lowest BCUT2D eigenvalue weighted by Gasteiger charge is -2.35. The molecule has 1 aromatic heterocycles. The zero-order valence-electron chi connectivity index (χ0n) is 10.7. The lowest BCUT2D eigenvalue weighted by molar-refractivity contribution is -0.179. The molecule has 18 heavy (non-hydrogen) atoms. The highest BCUT2D eigenvalue weighted by Crippen LogP contribution is 2.35. The molecule has 1 saturated carbocycles. The molecule has 0 radical (unpaired) electrons. The van der Waals surface area contributed by atoms with Crippen molar-refractivity contribution in [2.75, 3.05) is 19.8 Å². The fraction of sp³-hybridized carbons (Fsp3) is 0.769. The average Bonchev–Trinajstić information content (AvgIpc) is 3.04. The Morgan fingerprint density at radius 1 is 1.33 bits per heavy atom. The predicted molar refractivity (Wildman–Crippen MR) is 67.2 cm³/mol. The topological polar surface area (TPSA) is 59.2 Å². The van der Waals surface area contributed by atoms with E-state index in [9.17, 15) is 0 Å². The van der Waals surface area contributed by atoms with Gasteiger partial charge in [-0.3, -0.25) is 0 Å². The van der Waals surface area contributed by atoms with Crippen LogP contribution in [0.4, 0.5) is 0 Å². The molecule has 1 aliphatic heterocycles. The van der Waals surface area contributed by atoms with Gasteiger partial charge in [0.15, 0.2) is 5.79 Å². The quantitative estimate of drug-likeness (QED) is 0.845. The Bertz CT molecular complexity index is 350. The number of imidazole rings is 1. The first-order valence-electron chi connectivity index (χ1n) is 6.86. The number of hydrogen-bond acceptors (Lipinski definition) is 4. The summed E-state index contributed by atoms with van der Waals surface area (Å²) in [5.41, 5.74) is 0. The molecule has 2 aliphatic rings. The van der Waals surface area contributed by atoms with E-state index in [4.69, 9.17) is 9.47 Å². The predicted octanol–water partition coefficient (Wildman–Crippen LogP) is 1.23. The van der Waals surface area contributed by atoms with Gasteiger partial charge in [0.25, 0.3) is 0 Å². The lowest BCUT2D eigenvalue weighted by atomic mass is 9.90. The van der Waals surface area contributed by atoms with Gasteiger partial charge in [0.1, 0.15) is 5.82 Å². The standard InChI is InChI=1S/C13H21N3O2/c1-4-13(17-9-10-18-13)5-2-11(1)14-6-3-12-15-7-8-16-12/h7-8,11,14H,1-6,9-10H2,(H,15,16). The number of hydrogen-bond donors (Lipinski definition) is 2. The minimum absolute atomic E-state index is 0.237. The molecule has 1 saturated heterocycles. The number of rotatable bonds is 4. The molecule has 100 valence electrons. The zero-order chi connectivity index (χ0) is 12.3. The van der Waals surface area contributed by atoms with E-state index in [-0.39, 0.29) is 5.79 Å². The number of aromatic amines is 1. The van der Waals surface area contributed by atoms with Gasteiger partial charge in [-0.25, -0.2) is 4.98 Å². The van der Waals surface area contributed by atoms with E-state index in [0.29, 0.717) is 6.04 Å². The van der Waals surface area contributed by atoms with Crippen molar-refractivity contribution in [3.05, 3.63) is 18.2 Å². The largest absolute Gasteiger partial charge is 0.349 e. The maximum Gasteiger partial charge on any atom is 0.168 e. The van der Waals surface area contributed by atoms with E-state index in [1.54, 1.807) is 6.20 Å². The summed E-state index contributed by atoms with van der Waals surface area (Å²) in [5, 5.41) is 3.60. The van der Waals surface area contributed by atoms with Crippen molar-refractivity contribution in [2.45, 2.75) is 43.9 Å². The van der Waals surface area contributed by atoms with E-state index >= 15 is 0 Å². The van der Waals surface area contributed by atoms with Crippen LogP contribution in [0.2, 0.25) is 0 Å². The third-order valence-corrected chi connectivity index (χ3v) is 3.91. The number of ether oxygens (including phenoxy) is 2. The number of aromatic nitrogens is 2. The summed E-state index contributed by atoms with van der Waals surface area (Å²) in [6, 6.07) is 0.596. The maximum absolute atomic E-state index is 5.73. The van der Waals surface area contributed by atoms with Gasteiger partial charge in [-0.2, -0.15) is 0 Å².